The molecule has 170 valence electrons. The van der Waals surface area contributed by atoms with Gasteiger partial charge in [-0.2, -0.15) is 0 Å². The minimum atomic E-state index is -0.384. The Labute approximate surface area is 194 Å². The zero-order chi connectivity index (χ0) is 22.6. The molecule has 33 heavy (non-hydrogen) atoms. The fourth-order valence-corrected chi connectivity index (χ4v) is 4.58. The zero-order valence-corrected chi connectivity index (χ0v) is 18.6. The van der Waals surface area contributed by atoms with E-state index in [0.29, 0.717) is 29.0 Å². The first kappa shape index (κ1) is 21.5. The number of furan rings is 2. The summed E-state index contributed by atoms with van der Waals surface area (Å²) in [6.45, 7) is 3.32. The third-order valence-corrected chi connectivity index (χ3v) is 6.45. The summed E-state index contributed by atoms with van der Waals surface area (Å²) in [5.74, 6) is 3.18. The lowest BCUT2D eigenvalue weighted by Gasteiger charge is -2.32. The van der Waals surface area contributed by atoms with Crippen LogP contribution in [-0.2, 0) is 11.3 Å². The first-order valence-electron chi connectivity index (χ1n) is 10.8. The Balaban J connectivity index is 1.10. The van der Waals surface area contributed by atoms with Crippen molar-refractivity contribution in [3.63, 3.8) is 0 Å². The standard InChI is InChI=1S/C23H23N5O4S/c29-21-20(33-23(30)27-21)12-16-5-8-25-22(26-16)28-9-6-15(7-10-28)13-24-14-17-3-4-19(32-17)18-2-1-11-31-18/h1-5,8,11-12,15,24H,6-7,9-10,13-14H2,(H,27,29,30)/b20-12-. The maximum absolute atomic E-state index is 11.8. The van der Waals surface area contributed by atoms with Gasteiger partial charge in [-0.3, -0.25) is 14.9 Å². The molecule has 9 nitrogen and oxygen atoms in total. The minimum Gasteiger partial charge on any atom is -0.461 e. The second-order valence-corrected chi connectivity index (χ2v) is 8.95. The van der Waals surface area contributed by atoms with Gasteiger partial charge >= 0.3 is 0 Å². The molecule has 2 saturated heterocycles. The van der Waals surface area contributed by atoms with E-state index in [0.717, 1.165) is 61.5 Å². The van der Waals surface area contributed by atoms with Gasteiger partial charge in [0.25, 0.3) is 11.1 Å². The first-order valence-corrected chi connectivity index (χ1v) is 11.6. The molecule has 2 aliphatic rings. The summed E-state index contributed by atoms with van der Waals surface area (Å²) >= 11 is 0.886. The van der Waals surface area contributed by atoms with E-state index >= 15 is 0 Å². The third kappa shape index (κ3) is 5.18. The Morgan fingerprint density at radius 3 is 2.82 bits per heavy atom. The van der Waals surface area contributed by atoms with Gasteiger partial charge in [-0.05, 0) is 73.5 Å². The highest BCUT2D eigenvalue weighted by atomic mass is 32.2. The van der Waals surface area contributed by atoms with Crippen LogP contribution < -0.4 is 15.5 Å². The number of carbonyl (C=O) groups is 2. The Bertz CT molecular complexity index is 1170. The number of anilines is 1. The lowest BCUT2D eigenvalue weighted by Crippen LogP contribution is -2.38. The zero-order valence-electron chi connectivity index (χ0n) is 17.8. The lowest BCUT2D eigenvalue weighted by atomic mass is 9.97. The molecule has 2 fully saturated rings. The summed E-state index contributed by atoms with van der Waals surface area (Å²) in [5.41, 5.74) is 0.614. The number of imide groups is 1. The predicted molar refractivity (Wildman–Crippen MR) is 124 cm³/mol. The molecule has 0 aliphatic carbocycles. The quantitative estimate of drug-likeness (QED) is 0.505. The van der Waals surface area contributed by atoms with Crippen LogP contribution in [0.3, 0.4) is 0 Å². The molecule has 5 rings (SSSR count). The van der Waals surface area contributed by atoms with Crippen LogP contribution in [0.4, 0.5) is 10.7 Å². The van der Waals surface area contributed by atoms with Crippen molar-refractivity contribution in [1.29, 1.82) is 0 Å². The normalized spacial score (nSPS) is 18.3. The van der Waals surface area contributed by atoms with Gasteiger partial charge in [-0.15, -0.1) is 0 Å². The summed E-state index contributed by atoms with van der Waals surface area (Å²) in [4.78, 5) is 34.6. The first-order chi connectivity index (χ1) is 16.1. The van der Waals surface area contributed by atoms with E-state index < -0.39 is 0 Å². The van der Waals surface area contributed by atoms with Crippen LogP contribution in [0.25, 0.3) is 17.6 Å². The van der Waals surface area contributed by atoms with Gasteiger partial charge in [0.05, 0.1) is 23.4 Å². The van der Waals surface area contributed by atoms with E-state index in [1.54, 1.807) is 24.6 Å². The Morgan fingerprint density at radius 1 is 1.18 bits per heavy atom. The second kappa shape index (κ2) is 9.63. The van der Waals surface area contributed by atoms with E-state index in [1.807, 2.05) is 24.3 Å². The number of hydrogen-bond donors (Lipinski definition) is 2. The molecule has 0 atom stereocenters. The average molecular weight is 466 g/mol. The molecular formula is C23H23N5O4S. The molecule has 3 aromatic rings. The number of piperidine rings is 1. The highest BCUT2D eigenvalue weighted by Gasteiger charge is 2.25. The van der Waals surface area contributed by atoms with Gasteiger partial charge in [0.2, 0.25) is 5.95 Å². The van der Waals surface area contributed by atoms with E-state index in [1.165, 1.54) is 0 Å². The summed E-state index contributed by atoms with van der Waals surface area (Å²) < 4.78 is 11.2. The van der Waals surface area contributed by atoms with Gasteiger partial charge in [0, 0.05) is 19.3 Å². The second-order valence-electron chi connectivity index (χ2n) is 7.94. The Kier molecular flexibility index (Phi) is 6.27. The molecule has 3 aromatic heterocycles. The molecule has 0 bridgehead atoms. The molecule has 0 radical (unpaired) electrons. The number of nitrogens with zero attached hydrogens (tertiary/aromatic N) is 3. The fourth-order valence-electron chi connectivity index (χ4n) is 3.91. The van der Waals surface area contributed by atoms with Gasteiger partial charge < -0.3 is 19.1 Å². The van der Waals surface area contributed by atoms with Crippen LogP contribution >= 0.6 is 11.8 Å². The summed E-state index contributed by atoms with van der Waals surface area (Å²) in [5, 5.41) is 5.38. The van der Waals surface area contributed by atoms with Crippen molar-refractivity contribution < 1.29 is 18.4 Å². The number of rotatable bonds is 7. The average Bonchev–Trinajstić information content (AvgIpc) is 3.57. The Morgan fingerprint density at radius 2 is 2.06 bits per heavy atom. The minimum absolute atomic E-state index is 0.349. The molecule has 10 heteroatoms. The van der Waals surface area contributed by atoms with E-state index in [-0.39, 0.29) is 11.1 Å². The molecule has 2 aliphatic heterocycles. The largest absolute Gasteiger partial charge is 0.461 e. The molecule has 0 saturated carbocycles. The van der Waals surface area contributed by atoms with Crippen LogP contribution in [0.15, 0.2) is 56.5 Å². The van der Waals surface area contributed by atoms with Gasteiger partial charge in [-0.25, -0.2) is 9.97 Å². The highest BCUT2D eigenvalue weighted by molar-refractivity contribution is 8.18. The molecule has 2 amide bonds. The third-order valence-electron chi connectivity index (χ3n) is 5.64. The van der Waals surface area contributed by atoms with Crippen molar-refractivity contribution in [2.75, 3.05) is 24.5 Å². The Hall–Kier alpha value is -3.37. The summed E-state index contributed by atoms with van der Waals surface area (Å²) in [6.07, 6.45) is 7.01. The number of thioether (sulfide) groups is 1. The van der Waals surface area contributed by atoms with Crippen LogP contribution in [-0.4, -0.2) is 40.7 Å². The molecule has 2 N–H and O–H groups in total. The van der Waals surface area contributed by atoms with Crippen molar-refractivity contribution in [2.45, 2.75) is 19.4 Å². The molecular weight excluding hydrogens is 442 g/mol. The number of hydrogen-bond acceptors (Lipinski definition) is 9. The number of carbonyl (C=O) groups excluding carboxylic acids is 2. The maximum atomic E-state index is 11.8. The molecule has 0 aromatic carbocycles. The van der Waals surface area contributed by atoms with Crippen LogP contribution in [0.5, 0.6) is 0 Å². The molecule has 5 heterocycles. The van der Waals surface area contributed by atoms with E-state index in [9.17, 15) is 9.59 Å². The summed E-state index contributed by atoms with van der Waals surface area (Å²) in [7, 11) is 0. The van der Waals surface area contributed by atoms with E-state index in [2.05, 4.69) is 25.5 Å². The van der Waals surface area contributed by atoms with Crippen molar-refractivity contribution in [1.82, 2.24) is 20.6 Å². The van der Waals surface area contributed by atoms with Crippen molar-refractivity contribution in [3.05, 3.63) is 59.2 Å². The molecule has 0 unspecified atom stereocenters. The van der Waals surface area contributed by atoms with Crippen molar-refractivity contribution in [2.24, 2.45) is 5.92 Å². The van der Waals surface area contributed by atoms with Crippen LogP contribution in [0.1, 0.15) is 24.3 Å². The lowest BCUT2D eigenvalue weighted by molar-refractivity contribution is -0.115. The monoisotopic (exact) mass is 465 g/mol. The van der Waals surface area contributed by atoms with Crippen molar-refractivity contribution >= 4 is 34.9 Å². The SMILES string of the molecule is O=C1NC(=O)/C(=C/c2ccnc(N3CCC(CNCc4ccc(-c5ccco5)o4)CC3)n2)S1. The molecule has 0 spiro atoms. The fraction of sp³-hybridized carbons (Fsp3) is 0.304. The van der Waals surface area contributed by atoms with Gasteiger partial charge in [0.15, 0.2) is 11.5 Å². The van der Waals surface area contributed by atoms with Gasteiger partial charge in [-0.1, -0.05) is 0 Å². The number of amides is 2. The smallest absolute Gasteiger partial charge is 0.290 e. The number of nitrogens with one attached hydrogen (secondary N) is 2. The highest BCUT2D eigenvalue weighted by Crippen LogP contribution is 2.26. The van der Waals surface area contributed by atoms with Crippen LogP contribution in [0.2, 0.25) is 0 Å². The van der Waals surface area contributed by atoms with Gasteiger partial charge in [0.1, 0.15) is 5.76 Å². The number of aromatic nitrogens is 2. The maximum Gasteiger partial charge on any atom is 0.290 e. The van der Waals surface area contributed by atoms with Crippen LogP contribution in [0, 0.1) is 5.92 Å². The van der Waals surface area contributed by atoms with E-state index in [4.69, 9.17) is 8.83 Å². The summed E-state index contributed by atoms with van der Waals surface area (Å²) in [6, 6.07) is 9.35. The predicted octanol–water partition coefficient (Wildman–Crippen LogP) is 3.66. The van der Waals surface area contributed by atoms with Crippen molar-refractivity contribution in [3.8, 4) is 11.5 Å². The topological polar surface area (TPSA) is 114 Å².